The van der Waals surface area contributed by atoms with Crippen LogP contribution in [0.2, 0.25) is 0 Å². The summed E-state index contributed by atoms with van der Waals surface area (Å²) in [5, 5.41) is 14.3. The van der Waals surface area contributed by atoms with E-state index in [0.29, 0.717) is 25.5 Å². The summed E-state index contributed by atoms with van der Waals surface area (Å²) in [4.78, 5) is 30.1. The molecule has 8 heteroatoms. The minimum Gasteiger partial charge on any atom is -0.478 e. The molecule has 0 spiro atoms. The lowest BCUT2D eigenvalue weighted by atomic mass is 10.2. The molecule has 1 amide bonds. The Hall–Kier alpha value is -2.29. The number of amides is 1. The van der Waals surface area contributed by atoms with Gasteiger partial charge in [0, 0.05) is 18.5 Å². The monoisotopic (exact) mass is 347 g/mol. The molecule has 0 unspecified atom stereocenters. The Kier molecular flexibility index (Phi) is 5.19. The zero-order valence-corrected chi connectivity index (χ0v) is 13.7. The molecule has 1 aromatic heterocycles. The number of anilines is 1. The van der Waals surface area contributed by atoms with Crippen molar-refractivity contribution in [2.75, 3.05) is 31.6 Å². The Morgan fingerprint density at radius 2 is 2.04 bits per heavy atom. The van der Waals surface area contributed by atoms with Crippen molar-refractivity contribution in [2.45, 2.75) is 6.54 Å². The van der Waals surface area contributed by atoms with Gasteiger partial charge in [-0.25, -0.2) is 9.78 Å². The first kappa shape index (κ1) is 16.6. The molecule has 1 aliphatic heterocycles. The fraction of sp³-hybridized carbons (Fsp3) is 0.312. The van der Waals surface area contributed by atoms with Gasteiger partial charge in [-0.2, -0.15) is 0 Å². The summed E-state index contributed by atoms with van der Waals surface area (Å²) in [7, 11) is 0. The van der Waals surface area contributed by atoms with Crippen molar-refractivity contribution < 1.29 is 19.4 Å². The summed E-state index contributed by atoms with van der Waals surface area (Å²) < 4.78 is 5.31. The predicted molar refractivity (Wildman–Crippen MR) is 89.6 cm³/mol. The first-order valence-electron chi connectivity index (χ1n) is 7.51. The minimum absolute atomic E-state index is 0.0506. The van der Waals surface area contributed by atoms with E-state index in [1.54, 1.807) is 23.6 Å². The third-order valence-electron chi connectivity index (χ3n) is 3.65. The number of carboxylic acids is 1. The third kappa shape index (κ3) is 3.97. The van der Waals surface area contributed by atoms with Crippen LogP contribution in [0.1, 0.15) is 25.9 Å². The summed E-state index contributed by atoms with van der Waals surface area (Å²) in [6.45, 7) is 3.82. The molecular formula is C16H17N3O4S. The van der Waals surface area contributed by atoms with Gasteiger partial charge in [0.05, 0.1) is 31.0 Å². The molecule has 126 valence electrons. The maximum absolute atomic E-state index is 12.3. The molecule has 7 nitrogen and oxygen atoms in total. The van der Waals surface area contributed by atoms with Gasteiger partial charge in [-0.15, -0.1) is 11.3 Å². The van der Waals surface area contributed by atoms with Crippen molar-refractivity contribution in [3.05, 3.63) is 45.9 Å². The lowest BCUT2D eigenvalue weighted by molar-refractivity contribution is 0.0341. The zero-order valence-electron chi connectivity index (χ0n) is 12.9. The summed E-state index contributed by atoms with van der Waals surface area (Å²) in [6, 6.07) is 6.29. The van der Waals surface area contributed by atoms with Crippen LogP contribution in [-0.4, -0.2) is 53.2 Å². The quantitative estimate of drug-likeness (QED) is 0.859. The highest BCUT2D eigenvalue weighted by Crippen LogP contribution is 2.18. The highest BCUT2D eigenvalue weighted by Gasteiger charge is 2.17. The Morgan fingerprint density at radius 1 is 1.29 bits per heavy atom. The summed E-state index contributed by atoms with van der Waals surface area (Å²) in [6.07, 6.45) is 0. The van der Waals surface area contributed by atoms with Crippen LogP contribution in [0, 0.1) is 0 Å². The number of carbonyl (C=O) groups excluding carboxylic acids is 1. The van der Waals surface area contributed by atoms with E-state index in [9.17, 15) is 9.59 Å². The van der Waals surface area contributed by atoms with Crippen molar-refractivity contribution in [3.63, 3.8) is 0 Å². The van der Waals surface area contributed by atoms with Crippen LogP contribution >= 0.6 is 11.3 Å². The number of morpholine rings is 1. The Balaban J connectivity index is 1.66. The topological polar surface area (TPSA) is 91.8 Å². The lowest BCUT2D eigenvalue weighted by Crippen LogP contribution is -2.35. The molecular weight excluding hydrogens is 330 g/mol. The number of ether oxygens (including phenoxy) is 1. The molecule has 0 aliphatic carbocycles. The second kappa shape index (κ2) is 7.52. The van der Waals surface area contributed by atoms with Gasteiger partial charge < -0.3 is 15.2 Å². The van der Waals surface area contributed by atoms with E-state index in [1.165, 1.54) is 17.4 Å². The molecule has 0 bridgehead atoms. The molecule has 24 heavy (non-hydrogen) atoms. The highest BCUT2D eigenvalue weighted by atomic mass is 32.1. The van der Waals surface area contributed by atoms with E-state index in [2.05, 4.69) is 15.2 Å². The van der Waals surface area contributed by atoms with E-state index < -0.39 is 11.9 Å². The number of nitrogens with zero attached hydrogens (tertiary/aromatic N) is 2. The number of rotatable bonds is 5. The van der Waals surface area contributed by atoms with Crippen molar-refractivity contribution in [3.8, 4) is 0 Å². The van der Waals surface area contributed by atoms with Crippen LogP contribution in [-0.2, 0) is 11.3 Å². The fourth-order valence-electron chi connectivity index (χ4n) is 2.40. The van der Waals surface area contributed by atoms with Gasteiger partial charge in [0.1, 0.15) is 10.7 Å². The van der Waals surface area contributed by atoms with Gasteiger partial charge >= 0.3 is 5.97 Å². The van der Waals surface area contributed by atoms with Crippen LogP contribution in [0.3, 0.4) is 0 Å². The smallest absolute Gasteiger partial charge is 0.337 e. The molecule has 2 aromatic rings. The second-order valence-corrected chi connectivity index (χ2v) is 6.26. The second-order valence-electron chi connectivity index (χ2n) is 5.32. The van der Waals surface area contributed by atoms with Crippen molar-refractivity contribution in [2.24, 2.45) is 0 Å². The molecule has 2 N–H and O–H groups in total. The molecule has 1 fully saturated rings. The summed E-state index contributed by atoms with van der Waals surface area (Å²) in [5.41, 5.74) is 0.607. The maximum atomic E-state index is 12.3. The predicted octanol–water partition coefficient (Wildman–Crippen LogP) is 1.93. The number of thiazole rings is 1. The van der Waals surface area contributed by atoms with Crippen LogP contribution in [0.5, 0.6) is 0 Å². The number of hydrogen-bond acceptors (Lipinski definition) is 6. The molecule has 0 saturated carbocycles. The van der Waals surface area contributed by atoms with Gasteiger partial charge in [-0.1, -0.05) is 12.1 Å². The van der Waals surface area contributed by atoms with Crippen LogP contribution in [0.25, 0.3) is 0 Å². The van der Waals surface area contributed by atoms with E-state index in [-0.39, 0.29) is 11.3 Å². The standard InChI is InChI=1S/C16H17N3O4S/c20-15(18-12-4-2-1-3-11(12)16(21)22)13-10-24-14(17-13)9-19-5-7-23-8-6-19/h1-4,10H,5-9H2,(H,18,20)(H,21,22). The molecule has 1 saturated heterocycles. The van der Waals surface area contributed by atoms with Gasteiger partial charge in [0.15, 0.2) is 0 Å². The number of benzene rings is 1. The number of aromatic carboxylic acids is 1. The maximum Gasteiger partial charge on any atom is 0.337 e. The van der Waals surface area contributed by atoms with E-state index in [1.807, 2.05) is 0 Å². The summed E-state index contributed by atoms with van der Waals surface area (Å²) >= 11 is 1.42. The van der Waals surface area contributed by atoms with Gasteiger partial charge in [-0.05, 0) is 12.1 Å². The average Bonchev–Trinajstić information content (AvgIpc) is 3.05. The molecule has 1 aliphatic rings. The Morgan fingerprint density at radius 3 is 2.79 bits per heavy atom. The molecule has 0 atom stereocenters. The number of para-hydroxylation sites is 1. The van der Waals surface area contributed by atoms with Gasteiger partial charge in [0.25, 0.3) is 5.91 Å². The lowest BCUT2D eigenvalue weighted by Gasteiger charge is -2.25. The van der Waals surface area contributed by atoms with Crippen molar-refractivity contribution in [1.82, 2.24) is 9.88 Å². The molecule has 3 rings (SSSR count). The van der Waals surface area contributed by atoms with E-state index >= 15 is 0 Å². The summed E-state index contributed by atoms with van der Waals surface area (Å²) in [5.74, 6) is -1.50. The molecule has 2 heterocycles. The Bertz CT molecular complexity index is 740. The van der Waals surface area contributed by atoms with E-state index in [4.69, 9.17) is 9.84 Å². The van der Waals surface area contributed by atoms with E-state index in [0.717, 1.165) is 18.1 Å². The number of aromatic nitrogens is 1. The van der Waals surface area contributed by atoms with Gasteiger partial charge in [-0.3, -0.25) is 9.69 Å². The molecule has 0 radical (unpaired) electrons. The van der Waals surface area contributed by atoms with Crippen molar-refractivity contribution >= 4 is 28.9 Å². The fourth-order valence-corrected chi connectivity index (χ4v) is 3.22. The first-order valence-corrected chi connectivity index (χ1v) is 8.39. The zero-order chi connectivity index (χ0) is 16.9. The van der Waals surface area contributed by atoms with Crippen LogP contribution in [0.4, 0.5) is 5.69 Å². The first-order chi connectivity index (χ1) is 11.6. The number of hydrogen-bond donors (Lipinski definition) is 2. The normalized spacial score (nSPS) is 15.2. The van der Waals surface area contributed by atoms with Crippen molar-refractivity contribution in [1.29, 1.82) is 0 Å². The Labute approximate surface area is 142 Å². The van der Waals surface area contributed by atoms with Crippen LogP contribution < -0.4 is 5.32 Å². The molecule has 1 aromatic carbocycles. The number of carbonyl (C=O) groups is 2. The third-order valence-corrected chi connectivity index (χ3v) is 4.49. The highest BCUT2D eigenvalue weighted by molar-refractivity contribution is 7.09. The van der Waals surface area contributed by atoms with Crippen LogP contribution in [0.15, 0.2) is 29.6 Å². The number of carboxylic acid groups (broad SMARTS) is 1. The van der Waals surface area contributed by atoms with Gasteiger partial charge in [0.2, 0.25) is 0 Å². The number of nitrogens with one attached hydrogen (secondary N) is 1. The minimum atomic E-state index is -1.09. The average molecular weight is 347 g/mol. The SMILES string of the molecule is O=C(Nc1ccccc1C(=O)O)c1csc(CN2CCOCC2)n1. The largest absolute Gasteiger partial charge is 0.478 e.